The van der Waals surface area contributed by atoms with Gasteiger partial charge in [0.1, 0.15) is 0 Å². The van der Waals surface area contributed by atoms with Crippen molar-refractivity contribution >= 4 is 22.6 Å². The summed E-state index contributed by atoms with van der Waals surface area (Å²) in [5.41, 5.74) is 4.38. The summed E-state index contributed by atoms with van der Waals surface area (Å²) in [4.78, 5) is 0. The van der Waals surface area contributed by atoms with Crippen LogP contribution in [0.5, 0.6) is 0 Å². The van der Waals surface area contributed by atoms with Gasteiger partial charge in [-0.1, -0.05) is 37.8 Å². The minimum Gasteiger partial charge on any atom is -0.271 e. The number of nitrogens with two attached hydrogens (primary N) is 1. The first-order valence-electron chi connectivity index (χ1n) is 6.53. The molecular formula is C14H21IN2. The molecule has 2 nitrogen and oxygen atoms in total. The second-order valence-electron chi connectivity index (χ2n) is 4.95. The molecule has 0 radical (unpaired) electrons. The Hall–Kier alpha value is -0.130. The van der Waals surface area contributed by atoms with Crippen molar-refractivity contribution < 1.29 is 0 Å². The smallest absolute Gasteiger partial charge is 0.0488 e. The first kappa shape index (κ1) is 13.3. The van der Waals surface area contributed by atoms with Crippen molar-refractivity contribution in [1.29, 1.82) is 0 Å². The normalized spacial score (nSPS) is 19.9. The van der Waals surface area contributed by atoms with Crippen LogP contribution in [-0.4, -0.2) is 0 Å². The third-order valence-electron chi connectivity index (χ3n) is 3.76. The van der Waals surface area contributed by atoms with Crippen molar-refractivity contribution in [2.75, 3.05) is 0 Å². The second kappa shape index (κ2) is 6.71. The zero-order valence-corrected chi connectivity index (χ0v) is 12.3. The minimum absolute atomic E-state index is 0.322. The summed E-state index contributed by atoms with van der Waals surface area (Å²) in [5, 5.41) is 0. The van der Waals surface area contributed by atoms with Gasteiger partial charge in [-0.05, 0) is 59.0 Å². The summed E-state index contributed by atoms with van der Waals surface area (Å²) in [6, 6.07) is 9.01. The lowest BCUT2D eigenvalue weighted by molar-refractivity contribution is 0.329. The zero-order chi connectivity index (χ0) is 12.1. The van der Waals surface area contributed by atoms with Crippen molar-refractivity contribution in [1.82, 2.24) is 5.43 Å². The summed E-state index contributed by atoms with van der Waals surface area (Å²) in [7, 11) is 0. The number of hydrazine groups is 1. The fourth-order valence-corrected chi connectivity index (χ4v) is 3.42. The van der Waals surface area contributed by atoms with E-state index in [4.69, 9.17) is 5.84 Å². The predicted octanol–water partition coefficient (Wildman–Crippen LogP) is 3.77. The highest BCUT2D eigenvalue weighted by molar-refractivity contribution is 14.1. The van der Waals surface area contributed by atoms with Gasteiger partial charge < -0.3 is 0 Å². The molecule has 1 atom stereocenters. The van der Waals surface area contributed by atoms with Gasteiger partial charge in [-0.15, -0.1) is 0 Å². The van der Waals surface area contributed by atoms with Crippen LogP contribution in [-0.2, 0) is 0 Å². The van der Waals surface area contributed by atoms with E-state index in [0.717, 1.165) is 0 Å². The highest BCUT2D eigenvalue weighted by Crippen LogP contribution is 2.33. The average Bonchev–Trinajstić information content (AvgIpc) is 2.59. The van der Waals surface area contributed by atoms with Gasteiger partial charge in [0, 0.05) is 9.61 Å². The molecule has 3 heteroatoms. The Morgan fingerprint density at radius 2 is 1.88 bits per heavy atom. The van der Waals surface area contributed by atoms with Crippen molar-refractivity contribution in [2.45, 2.75) is 44.6 Å². The fourth-order valence-electron chi connectivity index (χ4n) is 2.85. The maximum absolute atomic E-state index is 5.78. The Morgan fingerprint density at radius 1 is 1.18 bits per heavy atom. The van der Waals surface area contributed by atoms with Gasteiger partial charge in [0.05, 0.1) is 0 Å². The van der Waals surface area contributed by atoms with Gasteiger partial charge in [0.2, 0.25) is 0 Å². The fraction of sp³-hybridized carbons (Fsp3) is 0.571. The van der Waals surface area contributed by atoms with Crippen LogP contribution in [0.4, 0.5) is 0 Å². The monoisotopic (exact) mass is 344 g/mol. The number of hydrogen-bond acceptors (Lipinski definition) is 2. The number of hydrogen-bond donors (Lipinski definition) is 2. The Bertz CT molecular complexity index is 346. The van der Waals surface area contributed by atoms with Gasteiger partial charge in [0.15, 0.2) is 0 Å². The molecular weight excluding hydrogens is 323 g/mol. The summed E-state index contributed by atoms with van der Waals surface area (Å²) in [5.74, 6) is 6.48. The molecule has 1 aliphatic carbocycles. The van der Waals surface area contributed by atoms with E-state index in [2.05, 4.69) is 52.3 Å². The van der Waals surface area contributed by atoms with Crippen LogP contribution in [0.25, 0.3) is 0 Å². The minimum atomic E-state index is 0.322. The van der Waals surface area contributed by atoms with E-state index in [0.29, 0.717) is 12.0 Å². The van der Waals surface area contributed by atoms with E-state index < -0.39 is 0 Å². The molecule has 1 unspecified atom stereocenters. The highest BCUT2D eigenvalue weighted by atomic mass is 127. The van der Waals surface area contributed by atoms with E-state index in [9.17, 15) is 0 Å². The maximum atomic E-state index is 5.78. The molecule has 0 aliphatic heterocycles. The van der Waals surface area contributed by atoms with E-state index in [1.807, 2.05) is 0 Å². The van der Waals surface area contributed by atoms with E-state index in [1.165, 1.54) is 47.7 Å². The summed E-state index contributed by atoms with van der Waals surface area (Å²) >= 11 is 2.37. The van der Waals surface area contributed by atoms with Crippen LogP contribution in [0.3, 0.4) is 0 Å². The van der Waals surface area contributed by atoms with Gasteiger partial charge in [-0.2, -0.15) is 0 Å². The molecule has 0 saturated heterocycles. The first-order valence-corrected chi connectivity index (χ1v) is 7.60. The van der Waals surface area contributed by atoms with Crippen molar-refractivity contribution in [2.24, 2.45) is 11.8 Å². The predicted molar refractivity (Wildman–Crippen MR) is 80.4 cm³/mol. The number of halogens is 1. The molecule has 3 N–H and O–H groups in total. The third kappa shape index (κ3) is 3.66. The molecule has 0 amide bonds. The number of benzene rings is 1. The van der Waals surface area contributed by atoms with Crippen LogP contribution in [0.1, 0.15) is 50.1 Å². The van der Waals surface area contributed by atoms with Gasteiger partial charge in [-0.3, -0.25) is 11.3 Å². The van der Waals surface area contributed by atoms with Gasteiger partial charge in [0.25, 0.3) is 0 Å². The van der Waals surface area contributed by atoms with Gasteiger partial charge in [-0.25, -0.2) is 0 Å². The molecule has 1 aromatic carbocycles. The zero-order valence-electron chi connectivity index (χ0n) is 10.2. The molecule has 0 spiro atoms. The average molecular weight is 344 g/mol. The number of rotatable bonds is 3. The molecule has 17 heavy (non-hydrogen) atoms. The van der Waals surface area contributed by atoms with Crippen LogP contribution in [0.2, 0.25) is 0 Å². The SMILES string of the molecule is NNC(c1cccc(I)c1)C1CCCCCC1. The Labute approximate surface area is 117 Å². The second-order valence-corrected chi connectivity index (χ2v) is 6.20. The summed E-state index contributed by atoms with van der Waals surface area (Å²) in [6.45, 7) is 0. The van der Waals surface area contributed by atoms with Crippen LogP contribution in [0.15, 0.2) is 24.3 Å². The third-order valence-corrected chi connectivity index (χ3v) is 4.43. The quantitative estimate of drug-likeness (QED) is 0.379. The lowest BCUT2D eigenvalue weighted by Crippen LogP contribution is -2.33. The topological polar surface area (TPSA) is 38.0 Å². The van der Waals surface area contributed by atoms with Crippen LogP contribution in [0, 0.1) is 9.49 Å². The Kier molecular flexibility index (Phi) is 5.25. The largest absolute Gasteiger partial charge is 0.271 e. The molecule has 1 fully saturated rings. The van der Waals surface area contributed by atoms with Crippen LogP contribution < -0.4 is 11.3 Å². The van der Waals surface area contributed by atoms with Crippen LogP contribution >= 0.6 is 22.6 Å². The summed E-state index contributed by atoms with van der Waals surface area (Å²) < 4.78 is 1.29. The molecule has 0 aromatic heterocycles. The Balaban J connectivity index is 2.14. The summed E-state index contributed by atoms with van der Waals surface area (Å²) in [6.07, 6.45) is 8.10. The molecule has 0 heterocycles. The number of nitrogens with one attached hydrogen (secondary N) is 1. The molecule has 2 rings (SSSR count). The maximum Gasteiger partial charge on any atom is 0.0488 e. The lowest BCUT2D eigenvalue weighted by Gasteiger charge is -2.26. The van der Waals surface area contributed by atoms with E-state index in [-0.39, 0.29) is 0 Å². The van der Waals surface area contributed by atoms with Gasteiger partial charge >= 0.3 is 0 Å². The first-order chi connectivity index (χ1) is 8.31. The van der Waals surface area contributed by atoms with E-state index in [1.54, 1.807) is 0 Å². The van der Waals surface area contributed by atoms with Crippen molar-refractivity contribution in [3.05, 3.63) is 33.4 Å². The Morgan fingerprint density at radius 3 is 2.47 bits per heavy atom. The van der Waals surface area contributed by atoms with Crippen molar-refractivity contribution in [3.8, 4) is 0 Å². The molecule has 0 bridgehead atoms. The highest BCUT2D eigenvalue weighted by Gasteiger charge is 2.23. The molecule has 1 saturated carbocycles. The van der Waals surface area contributed by atoms with E-state index >= 15 is 0 Å². The molecule has 1 aromatic rings. The molecule has 94 valence electrons. The van der Waals surface area contributed by atoms with Crippen molar-refractivity contribution in [3.63, 3.8) is 0 Å². The lowest BCUT2D eigenvalue weighted by atomic mass is 9.88. The standard InChI is InChI=1S/C14H21IN2/c15-13-9-5-8-12(10-13)14(17-16)11-6-3-1-2-4-7-11/h5,8-11,14,17H,1-4,6-7,16H2. The molecule has 1 aliphatic rings.